The van der Waals surface area contributed by atoms with Gasteiger partial charge in [0.15, 0.2) is 11.4 Å². The fraction of sp³-hybridized carbons (Fsp3) is 0.375. The first kappa shape index (κ1) is 19.7. The number of rotatable bonds is 7. The van der Waals surface area contributed by atoms with Crippen LogP contribution in [0.4, 0.5) is 0 Å². The van der Waals surface area contributed by atoms with Gasteiger partial charge in [0, 0.05) is 18.8 Å². The van der Waals surface area contributed by atoms with Crippen molar-refractivity contribution in [3.8, 4) is 11.8 Å². The normalized spacial score (nSPS) is 23.9. The number of hydrogen-bond donors (Lipinski definition) is 1. The lowest BCUT2D eigenvalue weighted by atomic mass is 9.97. The van der Waals surface area contributed by atoms with Crippen LogP contribution in [0.25, 0.3) is 11.0 Å². The van der Waals surface area contributed by atoms with Gasteiger partial charge in [-0.3, -0.25) is 4.90 Å². The molecule has 7 nitrogen and oxygen atoms in total. The van der Waals surface area contributed by atoms with Crippen molar-refractivity contribution in [1.82, 2.24) is 24.6 Å². The minimum atomic E-state index is -0.628. The van der Waals surface area contributed by atoms with Crippen LogP contribution in [0.2, 0.25) is 0 Å². The Hall–Kier alpha value is -3.21. The van der Waals surface area contributed by atoms with Crippen LogP contribution in [0.1, 0.15) is 37.3 Å². The molecule has 7 heteroatoms. The Balaban J connectivity index is 1.36. The van der Waals surface area contributed by atoms with Crippen LogP contribution in [0.15, 0.2) is 61.0 Å². The maximum Gasteiger partial charge on any atom is 0.173 e. The molecule has 158 valence electrons. The summed E-state index contributed by atoms with van der Waals surface area (Å²) in [6, 6.07) is 0.202. The van der Waals surface area contributed by atoms with Crippen molar-refractivity contribution in [3.63, 3.8) is 0 Å². The number of allylic oxidation sites excluding steroid dienone is 5. The molecule has 2 aliphatic carbocycles. The van der Waals surface area contributed by atoms with Gasteiger partial charge in [-0.15, -0.1) is 0 Å². The summed E-state index contributed by atoms with van der Waals surface area (Å²) in [5, 5.41) is 15.9. The number of fused-ring (bicyclic) bond motifs is 1. The third kappa shape index (κ3) is 3.92. The van der Waals surface area contributed by atoms with Crippen LogP contribution in [0.5, 0.6) is 0 Å². The summed E-state index contributed by atoms with van der Waals surface area (Å²) in [5.74, 6) is 7.98. The monoisotopic (exact) mass is 415 g/mol. The van der Waals surface area contributed by atoms with E-state index >= 15 is 0 Å². The largest absolute Gasteiger partial charge is 0.449 e. The van der Waals surface area contributed by atoms with E-state index in [1.165, 1.54) is 0 Å². The number of aliphatic hydroxyl groups excluding tert-OH is 1. The standard InChI is InChI=1S/C24H25N5O2/c1-2-22(30)28-13-12-18(28)15-29-24-21(14-25-16-26-24)23(27-29)17-8-10-20(11-9-17)31-19-6-4-3-5-7-19/h2,4,6-7,10,14,16-18,22,30H,1,3,5,8,12-13,15H2/t17?,18-,22?/m1/s1. The van der Waals surface area contributed by atoms with Crippen LogP contribution < -0.4 is 0 Å². The Morgan fingerprint density at radius 3 is 3.00 bits per heavy atom. The summed E-state index contributed by atoms with van der Waals surface area (Å²) in [7, 11) is 0. The number of aromatic nitrogens is 4. The highest BCUT2D eigenvalue weighted by Gasteiger charge is 2.33. The molecule has 31 heavy (non-hydrogen) atoms. The minimum absolute atomic E-state index is 0.0331. The molecule has 3 atom stereocenters. The number of likely N-dealkylation sites (tertiary alicyclic amines) is 1. The molecule has 0 spiro atoms. The Morgan fingerprint density at radius 1 is 1.35 bits per heavy atom. The van der Waals surface area contributed by atoms with Crippen LogP contribution in [0.3, 0.4) is 0 Å². The zero-order chi connectivity index (χ0) is 21.2. The van der Waals surface area contributed by atoms with Crippen LogP contribution in [-0.2, 0) is 11.3 Å². The van der Waals surface area contributed by atoms with Crippen molar-refractivity contribution in [1.29, 1.82) is 0 Å². The fourth-order valence-electron chi connectivity index (χ4n) is 4.20. The molecule has 1 N–H and O–H groups in total. The molecule has 3 aliphatic rings. The average Bonchev–Trinajstić information content (AvgIpc) is 3.16. The van der Waals surface area contributed by atoms with Crippen LogP contribution in [-0.4, -0.2) is 48.6 Å². The molecule has 0 aromatic carbocycles. The second-order valence-corrected chi connectivity index (χ2v) is 7.97. The van der Waals surface area contributed by atoms with E-state index in [2.05, 4.69) is 40.5 Å². The van der Waals surface area contributed by atoms with Gasteiger partial charge < -0.3 is 9.84 Å². The van der Waals surface area contributed by atoms with Crippen molar-refractivity contribution in [2.45, 2.75) is 50.4 Å². The van der Waals surface area contributed by atoms with E-state index in [1.807, 2.05) is 27.9 Å². The van der Waals surface area contributed by atoms with Gasteiger partial charge in [-0.25, -0.2) is 14.6 Å². The molecular formula is C24H25N5O2. The molecule has 3 heterocycles. The first-order chi connectivity index (χ1) is 15.2. The second kappa shape index (κ2) is 8.50. The Labute approximate surface area is 181 Å². The van der Waals surface area contributed by atoms with Gasteiger partial charge in [0.25, 0.3) is 0 Å². The van der Waals surface area contributed by atoms with Gasteiger partial charge >= 0.3 is 0 Å². The zero-order valence-electron chi connectivity index (χ0n) is 17.3. The van der Waals surface area contributed by atoms with Crippen molar-refractivity contribution in [2.24, 2.45) is 0 Å². The lowest BCUT2D eigenvalue weighted by Crippen LogP contribution is -2.54. The van der Waals surface area contributed by atoms with Gasteiger partial charge in [-0.2, -0.15) is 5.10 Å². The maximum atomic E-state index is 10.1. The van der Waals surface area contributed by atoms with E-state index < -0.39 is 6.23 Å². The smallest absolute Gasteiger partial charge is 0.173 e. The number of aliphatic hydroxyl groups is 1. The third-order valence-electron chi connectivity index (χ3n) is 5.99. The third-order valence-corrected chi connectivity index (χ3v) is 5.99. The molecule has 0 saturated carbocycles. The van der Waals surface area contributed by atoms with Gasteiger partial charge in [-0.1, -0.05) is 18.6 Å². The lowest BCUT2D eigenvalue weighted by Gasteiger charge is -2.42. The molecule has 2 aromatic heterocycles. The van der Waals surface area contributed by atoms with Crippen molar-refractivity contribution >= 4 is 11.0 Å². The molecule has 1 saturated heterocycles. The summed E-state index contributed by atoms with van der Waals surface area (Å²) in [5.41, 5.74) is 1.69. The van der Waals surface area contributed by atoms with Crippen molar-refractivity contribution < 1.29 is 9.84 Å². The second-order valence-electron chi connectivity index (χ2n) is 7.97. The average molecular weight is 415 g/mol. The van der Waals surface area contributed by atoms with Crippen LogP contribution >= 0.6 is 0 Å². The highest BCUT2D eigenvalue weighted by Crippen LogP contribution is 2.30. The molecule has 2 unspecified atom stereocenters. The topological polar surface area (TPSA) is 76.3 Å². The Kier molecular flexibility index (Phi) is 5.41. The maximum absolute atomic E-state index is 10.1. The summed E-state index contributed by atoms with van der Waals surface area (Å²) >= 11 is 0. The molecule has 1 fully saturated rings. The van der Waals surface area contributed by atoms with E-state index in [0.29, 0.717) is 12.3 Å². The van der Waals surface area contributed by atoms with Crippen molar-refractivity contribution in [3.05, 3.63) is 66.7 Å². The summed E-state index contributed by atoms with van der Waals surface area (Å²) in [4.78, 5) is 10.7. The minimum Gasteiger partial charge on any atom is -0.449 e. The van der Waals surface area contributed by atoms with Gasteiger partial charge in [-0.05, 0) is 55.9 Å². The first-order valence-corrected chi connectivity index (χ1v) is 10.7. The Bertz CT molecular complexity index is 1150. The molecule has 5 rings (SSSR count). The molecule has 2 aromatic rings. The fourth-order valence-corrected chi connectivity index (χ4v) is 4.20. The molecule has 0 bridgehead atoms. The molecule has 0 radical (unpaired) electrons. The number of ether oxygens (including phenoxy) is 1. The van der Waals surface area contributed by atoms with E-state index in [-0.39, 0.29) is 12.0 Å². The predicted molar refractivity (Wildman–Crippen MR) is 117 cm³/mol. The molecule has 0 amide bonds. The lowest BCUT2D eigenvalue weighted by molar-refractivity contribution is -0.0526. The molecule has 1 aliphatic heterocycles. The zero-order valence-corrected chi connectivity index (χ0v) is 17.3. The van der Waals surface area contributed by atoms with Gasteiger partial charge in [0.2, 0.25) is 0 Å². The highest BCUT2D eigenvalue weighted by atomic mass is 16.5. The van der Waals surface area contributed by atoms with E-state index in [9.17, 15) is 5.11 Å². The highest BCUT2D eigenvalue weighted by molar-refractivity contribution is 5.78. The van der Waals surface area contributed by atoms with Crippen molar-refractivity contribution in [2.75, 3.05) is 6.54 Å². The quantitative estimate of drug-likeness (QED) is 0.553. The molecular weight excluding hydrogens is 390 g/mol. The van der Waals surface area contributed by atoms with Gasteiger partial charge in [0.05, 0.1) is 23.5 Å². The Morgan fingerprint density at radius 2 is 2.29 bits per heavy atom. The van der Waals surface area contributed by atoms with E-state index in [4.69, 9.17) is 9.84 Å². The summed E-state index contributed by atoms with van der Waals surface area (Å²) in [6.07, 6.45) is 16.3. The SMILES string of the molecule is C=CC(O)N1CC[C@@H]1Cn1nc(C2C#CC(OC3=CCCC=C3)=CC2)c2cncnc21. The number of hydrogen-bond acceptors (Lipinski definition) is 6. The van der Waals surface area contributed by atoms with E-state index in [1.54, 1.807) is 12.4 Å². The summed E-state index contributed by atoms with van der Waals surface area (Å²) in [6.45, 7) is 5.20. The number of nitrogens with zero attached hydrogens (tertiary/aromatic N) is 5. The van der Waals surface area contributed by atoms with Crippen LogP contribution in [0, 0.1) is 11.8 Å². The van der Waals surface area contributed by atoms with E-state index in [0.717, 1.165) is 54.7 Å². The van der Waals surface area contributed by atoms with Gasteiger partial charge in [0.1, 0.15) is 18.3 Å². The first-order valence-electron chi connectivity index (χ1n) is 10.7. The summed E-state index contributed by atoms with van der Waals surface area (Å²) < 4.78 is 7.83. The predicted octanol–water partition coefficient (Wildman–Crippen LogP) is 3.03.